The molecule has 0 fully saturated rings. The van der Waals surface area contributed by atoms with Crippen molar-refractivity contribution in [3.63, 3.8) is 0 Å². The van der Waals surface area contributed by atoms with Crippen LogP contribution in [-0.2, 0) is 9.63 Å². The molecular weight excluding hydrogens is 226 g/mol. The van der Waals surface area contributed by atoms with Gasteiger partial charge in [0.05, 0.1) is 12.8 Å². The van der Waals surface area contributed by atoms with Crippen LogP contribution in [0.4, 0.5) is 5.69 Å². The van der Waals surface area contributed by atoms with Crippen LogP contribution in [0.2, 0.25) is 0 Å². The van der Waals surface area contributed by atoms with Gasteiger partial charge in [-0.25, -0.2) is 0 Å². The Hall–Kier alpha value is -2.13. The zero-order valence-electron chi connectivity index (χ0n) is 10.5. The van der Waals surface area contributed by atoms with Gasteiger partial charge in [-0.15, -0.1) is 0 Å². The molecule has 0 saturated heterocycles. The minimum Gasteiger partial charge on any atom is -0.273 e. The van der Waals surface area contributed by atoms with Crippen molar-refractivity contribution in [2.24, 2.45) is 0 Å². The lowest BCUT2D eigenvalue weighted by Gasteiger charge is -2.18. The Bertz CT molecular complexity index is 537. The molecule has 0 bridgehead atoms. The van der Waals surface area contributed by atoms with E-state index >= 15 is 0 Å². The third kappa shape index (κ3) is 2.57. The van der Waals surface area contributed by atoms with Gasteiger partial charge in [0, 0.05) is 6.92 Å². The number of rotatable bonds is 3. The van der Waals surface area contributed by atoms with Gasteiger partial charge in [0.15, 0.2) is 0 Å². The van der Waals surface area contributed by atoms with Gasteiger partial charge in [-0.05, 0) is 23.3 Å². The SMILES string of the molecule is CON(C(C)=O)c1cccc(-c2ccccc2)c1. The van der Waals surface area contributed by atoms with Crippen LogP contribution in [0.15, 0.2) is 54.6 Å². The van der Waals surface area contributed by atoms with E-state index in [1.807, 2.05) is 54.6 Å². The molecule has 0 aliphatic rings. The van der Waals surface area contributed by atoms with Crippen molar-refractivity contribution in [3.05, 3.63) is 54.6 Å². The molecule has 0 N–H and O–H groups in total. The highest BCUT2D eigenvalue weighted by molar-refractivity contribution is 5.90. The average molecular weight is 241 g/mol. The van der Waals surface area contributed by atoms with Gasteiger partial charge in [-0.3, -0.25) is 9.63 Å². The molecule has 3 nitrogen and oxygen atoms in total. The summed E-state index contributed by atoms with van der Waals surface area (Å²) in [7, 11) is 1.48. The van der Waals surface area contributed by atoms with E-state index in [0.29, 0.717) is 0 Å². The molecular formula is C15H15NO2. The zero-order valence-corrected chi connectivity index (χ0v) is 10.5. The highest BCUT2D eigenvalue weighted by atomic mass is 16.7. The topological polar surface area (TPSA) is 29.5 Å². The minimum atomic E-state index is -0.150. The fraction of sp³-hybridized carbons (Fsp3) is 0.133. The Kier molecular flexibility index (Phi) is 3.75. The van der Waals surface area contributed by atoms with Gasteiger partial charge in [0.1, 0.15) is 0 Å². The number of benzene rings is 2. The highest BCUT2D eigenvalue weighted by Crippen LogP contribution is 2.24. The van der Waals surface area contributed by atoms with E-state index < -0.39 is 0 Å². The molecule has 0 saturated carbocycles. The molecule has 0 aromatic heterocycles. The minimum absolute atomic E-state index is 0.150. The second kappa shape index (κ2) is 5.47. The Morgan fingerprint density at radius 3 is 2.28 bits per heavy atom. The first-order valence-corrected chi connectivity index (χ1v) is 5.72. The standard InChI is InChI=1S/C15H15NO2/c1-12(17)16(18-2)15-10-6-9-14(11-15)13-7-4-3-5-8-13/h3-11H,1-2H3. The molecule has 0 spiro atoms. The summed E-state index contributed by atoms with van der Waals surface area (Å²) >= 11 is 0. The molecule has 2 aromatic carbocycles. The lowest BCUT2D eigenvalue weighted by atomic mass is 10.1. The van der Waals surface area contributed by atoms with Crippen LogP contribution in [0.1, 0.15) is 6.92 Å². The quantitative estimate of drug-likeness (QED) is 0.772. The van der Waals surface area contributed by atoms with Gasteiger partial charge in [0.2, 0.25) is 5.91 Å². The zero-order chi connectivity index (χ0) is 13.0. The monoisotopic (exact) mass is 241 g/mol. The summed E-state index contributed by atoms with van der Waals surface area (Å²) in [5.74, 6) is -0.150. The number of hydrogen-bond donors (Lipinski definition) is 0. The molecule has 0 atom stereocenters. The van der Waals surface area contributed by atoms with E-state index in [9.17, 15) is 4.79 Å². The van der Waals surface area contributed by atoms with Crippen molar-refractivity contribution in [1.82, 2.24) is 0 Å². The van der Waals surface area contributed by atoms with Gasteiger partial charge in [-0.1, -0.05) is 42.5 Å². The second-order valence-corrected chi connectivity index (χ2v) is 3.91. The Morgan fingerprint density at radius 1 is 1.00 bits per heavy atom. The highest BCUT2D eigenvalue weighted by Gasteiger charge is 2.11. The number of anilines is 1. The number of carbonyl (C=O) groups excluding carboxylic acids is 1. The van der Waals surface area contributed by atoms with Gasteiger partial charge in [0.25, 0.3) is 0 Å². The van der Waals surface area contributed by atoms with Crippen LogP contribution < -0.4 is 5.06 Å². The molecule has 0 unspecified atom stereocenters. The van der Waals surface area contributed by atoms with Gasteiger partial charge < -0.3 is 0 Å². The molecule has 92 valence electrons. The largest absolute Gasteiger partial charge is 0.273 e. The van der Waals surface area contributed by atoms with Crippen LogP contribution in [0.25, 0.3) is 11.1 Å². The van der Waals surface area contributed by atoms with E-state index in [0.717, 1.165) is 16.8 Å². The molecule has 2 rings (SSSR count). The summed E-state index contributed by atoms with van der Waals surface area (Å²) in [5.41, 5.74) is 2.89. The molecule has 0 aliphatic heterocycles. The fourth-order valence-electron chi connectivity index (χ4n) is 1.86. The van der Waals surface area contributed by atoms with Crippen molar-refractivity contribution in [3.8, 4) is 11.1 Å². The molecule has 2 aromatic rings. The van der Waals surface area contributed by atoms with Gasteiger partial charge >= 0.3 is 0 Å². The van der Waals surface area contributed by atoms with Crippen molar-refractivity contribution < 1.29 is 9.63 Å². The second-order valence-electron chi connectivity index (χ2n) is 3.91. The first-order valence-electron chi connectivity index (χ1n) is 5.72. The van der Waals surface area contributed by atoms with Crippen LogP contribution in [0, 0.1) is 0 Å². The number of nitrogens with zero attached hydrogens (tertiary/aromatic N) is 1. The Balaban J connectivity index is 2.39. The maximum Gasteiger partial charge on any atom is 0.247 e. The number of hydrogen-bond acceptors (Lipinski definition) is 2. The van der Waals surface area contributed by atoms with Crippen molar-refractivity contribution in [2.75, 3.05) is 12.2 Å². The van der Waals surface area contributed by atoms with Crippen LogP contribution in [0.3, 0.4) is 0 Å². The molecule has 0 aliphatic carbocycles. The molecule has 1 amide bonds. The number of hydroxylamine groups is 1. The van der Waals surface area contributed by atoms with Crippen LogP contribution in [-0.4, -0.2) is 13.0 Å². The molecule has 0 heterocycles. The lowest BCUT2D eigenvalue weighted by molar-refractivity contribution is -0.122. The molecule has 3 heteroatoms. The maximum atomic E-state index is 11.4. The Morgan fingerprint density at radius 2 is 1.67 bits per heavy atom. The van der Waals surface area contributed by atoms with Crippen molar-refractivity contribution in [1.29, 1.82) is 0 Å². The molecule has 18 heavy (non-hydrogen) atoms. The third-order valence-corrected chi connectivity index (χ3v) is 2.66. The summed E-state index contributed by atoms with van der Waals surface area (Å²) in [6.07, 6.45) is 0. The summed E-state index contributed by atoms with van der Waals surface area (Å²) in [6, 6.07) is 17.7. The van der Waals surface area contributed by atoms with E-state index in [1.54, 1.807) is 0 Å². The van der Waals surface area contributed by atoms with E-state index in [4.69, 9.17) is 4.84 Å². The summed E-state index contributed by atoms with van der Waals surface area (Å²) < 4.78 is 0. The predicted octanol–water partition coefficient (Wildman–Crippen LogP) is 3.27. The fourth-order valence-corrected chi connectivity index (χ4v) is 1.86. The van der Waals surface area contributed by atoms with Crippen LogP contribution in [0.5, 0.6) is 0 Å². The summed E-state index contributed by atoms with van der Waals surface area (Å²) in [6.45, 7) is 1.47. The normalized spacial score (nSPS) is 10.1. The average Bonchev–Trinajstić information content (AvgIpc) is 2.40. The number of carbonyl (C=O) groups is 1. The van der Waals surface area contributed by atoms with E-state index in [2.05, 4.69) is 0 Å². The van der Waals surface area contributed by atoms with Crippen LogP contribution >= 0.6 is 0 Å². The Labute approximate surface area is 107 Å². The van der Waals surface area contributed by atoms with Gasteiger partial charge in [-0.2, -0.15) is 5.06 Å². The summed E-state index contributed by atoms with van der Waals surface area (Å²) in [4.78, 5) is 16.5. The third-order valence-electron chi connectivity index (χ3n) is 2.66. The van der Waals surface area contributed by atoms with E-state index in [1.165, 1.54) is 19.1 Å². The maximum absolute atomic E-state index is 11.4. The first kappa shape index (κ1) is 12.3. The lowest BCUT2D eigenvalue weighted by Crippen LogP contribution is -2.26. The van der Waals surface area contributed by atoms with Crippen molar-refractivity contribution in [2.45, 2.75) is 6.92 Å². The van der Waals surface area contributed by atoms with E-state index in [-0.39, 0.29) is 5.91 Å². The predicted molar refractivity (Wildman–Crippen MR) is 72.0 cm³/mol. The molecule has 0 radical (unpaired) electrons. The first-order chi connectivity index (χ1) is 8.72. The number of amides is 1. The van der Waals surface area contributed by atoms with Crippen molar-refractivity contribution >= 4 is 11.6 Å². The smallest absolute Gasteiger partial charge is 0.247 e. The summed E-state index contributed by atoms with van der Waals surface area (Å²) in [5, 5.41) is 1.27.